The molecule has 12 nitrogen and oxygen atoms in total. The van der Waals surface area contributed by atoms with Crippen LogP contribution in [-0.2, 0) is 20.2 Å². The minimum atomic E-state index is -4.97. The van der Waals surface area contributed by atoms with Crippen molar-refractivity contribution in [2.75, 3.05) is 0 Å². The summed E-state index contributed by atoms with van der Waals surface area (Å²) in [7, 11) is -9.84. The molecule has 2 N–H and O–H groups in total. The van der Waals surface area contributed by atoms with Crippen LogP contribution in [0.1, 0.15) is 0 Å². The summed E-state index contributed by atoms with van der Waals surface area (Å²) in [6, 6.07) is 8.57. The number of hydrogen-bond donors (Lipinski definition) is 2. The fourth-order valence-corrected chi connectivity index (χ4v) is 3.68. The molecule has 0 bridgehead atoms. The number of phenols is 1. The van der Waals surface area contributed by atoms with Crippen molar-refractivity contribution in [3.05, 3.63) is 58.6 Å². The molecule has 0 fully saturated rings. The van der Waals surface area contributed by atoms with E-state index in [1.807, 2.05) is 0 Å². The molecular weight excluding hydrogens is 465 g/mol. The van der Waals surface area contributed by atoms with Gasteiger partial charge in [0.15, 0.2) is 5.75 Å². The predicted octanol–water partition coefficient (Wildman–Crippen LogP) is 0.0238. The Morgan fingerprint density at radius 2 is 1.65 bits per heavy atom. The zero-order chi connectivity index (χ0) is 22.3. The fraction of sp³-hybridized carbons (Fsp3) is 0. The molecule has 0 unspecified atom stereocenters. The first kappa shape index (κ1) is 24.8. The molecule has 0 aliphatic heterocycles. The van der Waals surface area contributed by atoms with Crippen molar-refractivity contribution in [3.63, 3.8) is 0 Å². The van der Waals surface area contributed by atoms with Crippen LogP contribution in [0.3, 0.4) is 0 Å². The van der Waals surface area contributed by atoms with Gasteiger partial charge in [0, 0.05) is 17.5 Å². The second kappa shape index (κ2) is 8.96. The molecule has 3 rings (SSSR count). The minimum absolute atomic E-state index is 0. The van der Waals surface area contributed by atoms with Gasteiger partial charge in [-0.15, -0.1) is 5.11 Å². The Morgan fingerprint density at radius 3 is 2.23 bits per heavy atom. The van der Waals surface area contributed by atoms with Crippen LogP contribution in [0.25, 0.3) is 10.8 Å². The molecule has 0 aliphatic rings. The van der Waals surface area contributed by atoms with E-state index >= 15 is 0 Å². The van der Waals surface area contributed by atoms with E-state index in [-0.39, 0.29) is 51.7 Å². The average Bonchev–Trinajstić information content (AvgIpc) is 2.65. The molecule has 0 radical (unpaired) electrons. The van der Waals surface area contributed by atoms with Gasteiger partial charge in [-0.1, -0.05) is 12.1 Å². The van der Waals surface area contributed by atoms with Gasteiger partial charge in [0.05, 0.1) is 15.5 Å². The van der Waals surface area contributed by atoms with Crippen molar-refractivity contribution in [1.82, 2.24) is 0 Å². The van der Waals surface area contributed by atoms with Gasteiger partial charge in [-0.05, 0) is 29.7 Å². The summed E-state index contributed by atoms with van der Waals surface area (Å²) in [5, 5.41) is 28.4. The molecule has 0 atom stereocenters. The fourth-order valence-electron chi connectivity index (χ4n) is 2.56. The topological polar surface area (TPSA) is 200 Å². The van der Waals surface area contributed by atoms with Crippen molar-refractivity contribution < 1.29 is 65.5 Å². The number of nitro benzene ring substituents is 1. The van der Waals surface area contributed by atoms with Crippen molar-refractivity contribution in [3.8, 4) is 5.75 Å². The predicted molar refractivity (Wildman–Crippen MR) is 101 cm³/mol. The molecule has 15 heteroatoms. The first-order chi connectivity index (χ1) is 13.9. The number of azo groups is 1. The van der Waals surface area contributed by atoms with Crippen molar-refractivity contribution in [2.45, 2.75) is 9.79 Å². The molecule has 0 spiro atoms. The van der Waals surface area contributed by atoms with Gasteiger partial charge < -0.3 is 9.66 Å². The van der Waals surface area contributed by atoms with Crippen LogP contribution in [0, 0.1) is 10.1 Å². The quantitative estimate of drug-likeness (QED) is 0.168. The van der Waals surface area contributed by atoms with E-state index in [1.165, 1.54) is 18.2 Å². The molecule has 31 heavy (non-hydrogen) atoms. The van der Waals surface area contributed by atoms with Gasteiger partial charge in [0.25, 0.3) is 15.8 Å². The van der Waals surface area contributed by atoms with E-state index in [1.54, 1.807) is 0 Å². The molecule has 0 aliphatic carbocycles. The summed E-state index contributed by atoms with van der Waals surface area (Å²) in [4.78, 5) is 8.50. The third-order valence-electron chi connectivity index (χ3n) is 3.90. The van der Waals surface area contributed by atoms with Gasteiger partial charge in [-0.3, -0.25) is 14.7 Å². The Hall–Kier alpha value is -2.46. The van der Waals surface area contributed by atoms with Gasteiger partial charge in [0.2, 0.25) is 0 Å². The monoisotopic (exact) mass is 475 g/mol. The average molecular weight is 475 g/mol. The van der Waals surface area contributed by atoms with Gasteiger partial charge in [-0.25, -0.2) is 8.42 Å². The van der Waals surface area contributed by atoms with Gasteiger partial charge in [-0.2, -0.15) is 13.5 Å². The molecule has 0 amide bonds. The molecule has 0 saturated heterocycles. The molecule has 0 saturated carbocycles. The molecule has 3 aromatic carbocycles. The number of aromatic hydroxyl groups is 1. The van der Waals surface area contributed by atoms with Crippen LogP contribution in [-0.4, -0.2) is 36.0 Å². The van der Waals surface area contributed by atoms with Crippen molar-refractivity contribution in [2.24, 2.45) is 10.2 Å². The first-order valence-corrected chi connectivity index (χ1v) is 10.6. The third-order valence-corrected chi connectivity index (χ3v) is 5.59. The number of nitro groups is 1. The Labute approximate surface area is 197 Å². The number of benzene rings is 3. The zero-order valence-corrected chi connectivity index (χ0v) is 19.2. The van der Waals surface area contributed by atoms with E-state index in [0.29, 0.717) is 0 Å². The largest absolute Gasteiger partial charge is 1.00 e. The normalized spacial score (nSPS) is 12.1. The summed E-state index contributed by atoms with van der Waals surface area (Å²) in [6.45, 7) is 0. The van der Waals surface area contributed by atoms with E-state index < -0.39 is 46.4 Å². The van der Waals surface area contributed by atoms with E-state index in [0.717, 1.165) is 30.3 Å². The number of hydrogen-bond acceptors (Lipinski definition) is 10. The Bertz CT molecular complexity index is 1440. The second-order valence-electron chi connectivity index (χ2n) is 5.86. The Balaban J connectivity index is 0.00000341. The zero-order valence-electron chi connectivity index (χ0n) is 15.5. The van der Waals surface area contributed by atoms with Crippen LogP contribution in [0.5, 0.6) is 5.75 Å². The third kappa shape index (κ3) is 5.43. The van der Waals surface area contributed by atoms with E-state index in [2.05, 4.69) is 10.2 Å². The number of non-ortho nitro benzene ring substituents is 1. The number of rotatable bonds is 5. The van der Waals surface area contributed by atoms with Crippen LogP contribution in [0.2, 0.25) is 0 Å². The van der Waals surface area contributed by atoms with Gasteiger partial charge in [0.1, 0.15) is 20.7 Å². The standard InChI is InChI=1S/C16H11N3O9S2.Na/c20-16-14(30(26,27)28)7-9-6-12(29(23,24)25)4-5-13(9)15(16)18-17-10-2-1-3-11(8-10)19(21)22;/h1-8,20H,(H,23,24,25)(H,26,27,28);/q;+1/p-1. The maximum Gasteiger partial charge on any atom is 1.00 e. The van der Waals surface area contributed by atoms with E-state index in [9.17, 15) is 41.2 Å². The second-order valence-corrected chi connectivity index (χ2v) is 8.63. The Morgan fingerprint density at radius 1 is 0.968 bits per heavy atom. The first-order valence-electron chi connectivity index (χ1n) is 7.77. The van der Waals surface area contributed by atoms with Crippen LogP contribution in [0.4, 0.5) is 17.1 Å². The van der Waals surface area contributed by atoms with Crippen molar-refractivity contribution in [1.29, 1.82) is 0 Å². The minimum Gasteiger partial charge on any atom is -0.744 e. The van der Waals surface area contributed by atoms with Gasteiger partial charge >= 0.3 is 29.6 Å². The molecule has 156 valence electrons. The summed E-state index contributed by atoms with van der Waals surface area (Å²) in [5.41, 5.74) is -0.772. The number of phenolic OH excluding ortho intramolecular Hbond substituents is 1. The molecular formula is C16H10N3NaO9S2. The van der Waals surface area contributed by atoms with Crippen LogP contribution in [0.15, 0.2) is 68.6 Å². The Kier molecular flexibility index (Phi) is 7.17. The van der Waals surface area contributed by atoms with Crippen LogP contribution >= 0.6 is 0 Å². The maximum absolute atomic E-state index is 11.6. The smallest absolute Gasteiger partial charge is 0.744 e. The van der Waals surface area contributed by atoms with E-state index in [4.69, 9.17) is 0 Å². The number of nitrogens with zero attached hydrogens (tertiary/aromatic N) is 3. The molecule has 0 aromatic heterocycles. The summed E-state index contributed by atoms with van der Waals surface area (Å²) < 4.78 is 66.3. The summed E-state index contributed by atoms with van der Waals surface area (Å²) in [6.07, 6.45) is 0. The molecule has 0 heterocycles. The molecule has 3 aromatic rings. The maximum atomic E-state index is 11.6. The summed E-state index contributed by atoms with van der Waals surface area (Å²) >= 11 is 0. The van der Waals surface area contributed by atoms with Crippen LogP contribution < -0.4 is 29.6 Å². The summed E-state index contributed by atoms with van der Waals surface area (Å²) in [5.74, 6) is -0.989. The SMILES string of the molecule is O=[N+]([O-])c1cccc(N=Nc2c(O)c(S(=O)(=O)O)cc3cc(S(=O)(=O)[O-])ccc23)c1.[Na+]. The van der Waals surface area contributed by atoms with Crippen molar-refractivity contribution >= 4 is 48.1 Å². The number of fused-ring (bicyclic) bond motifs is 1.